The molecule has 3 aromatic carbocycles. The van der Waals surface area contributed by atoms with Crippen LogP contribution in [0, 0.1) is 23.5 Å². The maximum Gasteiger partial charge on any atom is 0.249 e. The van der Waals surface area contributed by atoms with E-state index in [2.05, 4.69) is 5.32 Å². The van der Waals surface area contributed by atoms with Gasteiger partial charge in [0.25, 0.3) is 0 Å². The van der Waals surface area contributed by atoms with Crippen LogP contribution in [0.2, 0.25) is 5.02 Å². The smallest absolute Gasteiger partial charge is 0.249 e. The van der Waals surface area contributed by atoms with Gasteiger partial charge in [-0.2, -0.15) is 0 Å². The summed E-state index contributed by atoms with van der Waals surface area (Å²) in [6.45, 7) is 3.44. The molecule has 3 aromatic rings. The van der Waals surface area contributed by atoms with Gasteiger partial charge in [0.05, 0.1) is 17.7 Å². The molecule has 1 unspecified atom stereocenters. The summed E-state index contributed by atoms with van der Waals surface area (Å²) in [6.07, 6.45) is 5.64. The van der Waals surface area contributed by atoms with E-state index in [1.807, 2.05) is 42.2 Å². The van der Waals surface area contributed by atoms with Gasteiger partial charge in [0.2, 0.25) is 11.8 Å². The maximum atomic E-state index is 16.0. The topological polar surface area (TPSA) is 111 Å². The van der Waals surface area contributed by atoms with E-state index in [4.69, 9.17) is 26.8 Å². The van der Waals surface area contributed by atoms with E-state index < -0.39 is 29.1 Å². The minimum atomic E-state index is -1.05. The number of fused-ring (bicyclic) bond motifs is 1. The van der Waals surface area contributed by atoms with Gasteiger partial charge in [0, 0.05) is 66.2 Å². The summed E-state index contributed by atoms with van der Waals surface area (Å²) >= 11 is 6.62. The molecule has 2 amide bonds. The quantitative estimate of drug-likeness (QED) is 0.255. The number of halogens is 3. The third kappa shape index (κ3) is 6.05. The van der Waals surface area contributed by atoms with Crippen LogP contribution in [0.4, 0.5) is 8.78 Å². The number of nitrogens with two attached hydrogens (primary N) is 1. The van der Waals surface area contributed by atoms with Crippen molar-refractivity contribution < 1.29 is 32.6 Å². The fourth-order valence-electron chi connectivity index (χ4n) is 7.80. The van der Waals surface area contributed by atoms with E-state index in [0.29, 0.717) is 25.2 Å². The minimum absolute atomic E-state index is 0.00396. The number of nitrogens with one attached hydrogen (secondary N) is 1. The molecule has 254 valence electrons. The molecule has 1 saturated heterocycles. The Labute approximate surface area is 283 Å². The number of primary amides is 1. The summed E-state index contributed by atoms with van der Waals surface area (Å²) in [5.74, 6) is -3.10. The van der Waals surface area contributed by atoms with Crippen molar-refractivity contribution in [2.24, 2.45) is 17.6 Å². The number of benzene rings is 3. The van der Waals surface area contributed by atoms with Crippen LogP contribution in [0.25, 0.3) is 11.1 Å². The van der Waals surface area contributed by atoms with Crippen molar-refractivity contribution in [1.29, 1.82) is 0 Å². The molecule has 2 heterocycles. The molecule has 3 N–H and O–H groups in total. The van der Waals surface area contributed by atoms with Crippen molar-refractivity contribution in [3.8, 4) is 22.6 Å². The zero-order chi connectivity index (χ0) is 34.2. The Kier molecular flexibility index (Phi) is 9.76. The SMILES string of the molecule is COc1ccc(C(N)=O)c(-c2c(Cl)c(F)cc3c2[C@H](C)[C@@](CNC2CCC(C(=O)N4CCCC(C=O)C4)CC2)(c2ccccc2)O3)c1F. The van der Waals surface area contributed by atoms with Crippen molar-refractivity contribution in [3.63, 3.8) is 0 Å². The van der Waals surface area contributed by atoms with Crippen molar-refractivity contribution in [3.05, 3.63) is 81.9 Å². The van der Waals surface area contributed by atoms with Gasteiger partial charge < -0.3 is 30.2 Å². The maximum absolute atomic E-state index is 16.0. The zero-order valence-corrected chi connectivity index (χ0v) is 27.8. The Hall–Kier alpha value is -4.02. The lowest BCUT2D eigenvalue weighted by Gasteiger charge is -2.38. The van der Waals surface area contributed by atoms with Gasteiger partial charge in [-0.15, -0.1) is 0 Å². The Morgan fingerprint density at radius 3 is 2.50 bits per heavy atom. The molecule has 8 nitrogen and oxygen atoms in total. The van der Waals surface area contributed by atoms with E-state index in [-0.39, 0.29) is 57.0 Å². The van der Waals surface area contributed by atoms with Crippen LogP contribution >= 0.6 is 11.6 Å². The largest absolute Gasteiger partial charge is 0.494 e. The lowest BCUT2D eigenvalue weighted by atomic mass is 9.77. The summed E-state index contributed by atoms with van der Waals surface area (Å²) in [7, 11) is 1.29. The lowest BCUT2D eigenvalue weighted by molar-refractivity contribution is -0.139. The average Bonchev–Trinajstić information content (AvgIpc) is 3.39. The van der Waals surface area contributed by atoms with Gasteiger partial charge in [-0.25, -0.2) is 8.78 Å². The fourth-order valence-corrected chi connectivity index (χ4v) is 8.05. The van der Waals surface area contributed by atoms with Crippen LogP contribution in [-0.2, 0) is 15.2 Å². The number of carbonyl (C=O) groups excluding carboxylic acids is 3. The van der Waals surface area contributed by atoms with Crippen molar-refractivity contribution in [2.45, 2.75) is 63.0 Å². The highest BCUT2D eigenvalue weighted by atomic mass is 35.5. The Bertz CT molecular complexity index is 1710. The molecule has 2 aliphatic heterocycles. The highest BCUT2D eigenvalue weighted by Gasteiger charge is 2.50. The molecule has 3 aliphatic rings. The van der Waals surface area contributed by atoms with Gasteiger partial charge in [0.1, 0.15) is 17.9 Å². The van der Waals surface area contributed by atoms with Gasteiger partial charge in [-0.3, -0.25) is 9.59 Å². The highest BCUT2D eigenvalue weighted by Crippen LogP contribution is 2.56. The van der Waals surface area contributed by atoms with Gasteiger partial charge >= 0.3 is 0 Å². The number of piperidine rings is 1. The monoisotopic (exact) mass is 679 g/mol. The normalized spacial score (nSPS) is 25.2. The molecule has 0 aromatic heterocycles. The number of rotatable bonds is 9. The molecule has 0 bridgehead atoms. The van der Waals surface area contributed by atoms with Crippen LogP contribution in [-0.4, -0.2) is 55.8 Å². The molecule has 3 atom stereocenters. The second kappa shape index (κ2) is 13.8. The Morgan fingerprint density at radius 1 is 1.10 bits per heavy atom. The van der Waals surface area contributed by atoms with Crippen LogP contribution in [0.3, 0.4) is 0 Å². The second-order valence-corrected chi connectivity index (χ2v) is 13.5. The number of aldehydes is 1. The van der Waals surface area contributed by atoms with E-state index in [0.717, 1.165) is 50.4 Å². The predicted molar refractivity (Wildman–Crippen MR) is 178 cm³/mol. The number of nitrogens with zero attached hydrogens (tertiary/aromatic N) is 1. The molecule has 1 aliphatic carbocycles. The molecule has 48 heavy (non-hydrogen) atoms. The summed E-state index contributed by atoms with van der Waals surface area (Å²) in [6, 6.07) is 13.5. The fraction of sp³-hybridized carbons (Fsp3) is 0.432. The van der Waals surface area contributed by atoms with Gasteiger partial charge in [-0.05, 0) is 56.2 Å². The molecule has 1 saturated carbocycles. The first-order valence-corrected chi connectivity index (χ1v) is 16.9. The van der Waals surface area contributed by atoms with Crippen LogP contribution in [0.5, 0.6) is 11.5 Å². The second-order valence-electron chi connectivity index (χ2n) is 13.2. The summed E-state index contributed by atoms with van der Waals surface area (Å²) in [5.41, 5.74) is 5.48. The molecular weight excluding hydrogens is 640 g/mol. The first-order valence-electron chi connectivity index (χ1n) is 16.5. The van der Waals surface area contributed by atoms with E-state index in [9.17, 15) is 14.4 Å². The van der Waals surface area contributed by atoms with E-state index in [1.54, 1.807) is 0 Å². The lowest BCUT2D eigenvalue weighted by Crippen LogP contribution is -2.49. The standard InChI is InChI=1S/C37H40ClF2N3O5/c1-21-30-29(17-27(39)33(38)32(30)31-26(35(41)45)14-15-28(47-2)34(31)40)48-37(21,24-8-4-3-5-9-24)20-42-25-12-10-23(11-13-25)36(46)43-16-6-7-22(18-43)19-44/h3-5,8-9,14-15,17,19,21-23,25,42H,6-7,10-13,16,18,20H2,1-2H3,(H2,41,45)/t21-,22?,23?,25?,37-/m0/s1. The van der Waals surface area contributed by atoms with E-state index in [1.165, 1.54) is 25.3 Å². The zero-order valence-electron chi connectivity index (χ0n) is 27.1. The molecule has 6 rings (SSSR count). The van der Waals surface area contributed by atoms with Crippen molar-refractivity contribution in [1.82, 2.24) is 10.2 Å². The molecule has 0 radical (unpaired) electrons. The molecule has 0 spiro atoms. The number of methoxy groups -OCH3 is 1. The third-order valence-electron chi connectivity index (χ3n) is 10.4. The summed E-state index contributed by atoms with van der Waals surface area (Å²) in [5, 5.41) is 3.33. The van der Waals surface area contributed by atoms with Crippen molar-refractivity contribution >= 4 is 29.7 Å². The average molecular weight is 680 g/mol. The number of hydrogen-bond acceptors (Lipinski definition) is 6. The summed E-state index contributed by atoms with van der Waals surface area (Å²) in [4.78, 5) is 39.0. The first kappa shape index (κ1) is 33.9. The third-order valence-corrected chi connectivity index (χ3v) is 10.8. The number of amides is 2. The summed E-state index contributed by atoms with van der Waals surface area (Å²) < 4.78 is 43.5. The minimum Gasteiger partial charge on any atom is -0.494 e. The number of hydrogen-bond donors (Lipinski definition) is 2. The Morgan fingerprint density at radius 2 is 1.83 bits per heavy atom. The van der Waals surface area contributed by atoms with Crippen LogP contribution < -0.4 is 20.5 Å². The van der Waals surface area contributed by atoms with Crippen molar-refractivity contribution in [2.75, 3.05) is 26.7 Å². The molecule has 2 fully saturated rings. The predicted octanol–water partition coefficient (Wildman–Crippen LogP) is 6.37. The van der Waals surface area contributed by atoms with Crippen LogP contribution in [0.1, 0.15) is 72.9 Å². The highest BCUT2D eigenvalue weighted by molar-refractivity contribution is 6.34. The van der Waals surface area contributed by atoms with Gasteiger partial charge in [0.15, 0.2) is 17.2 Å². The number of ether oxygens (including phenoxy) is 2. The number of carbonyl (C=O) groups is 3. The molecular formula is C37H40ClF2N3O5. The van der Waals surface area contributed by atoms with E-state index >= 15 is 8.78 Å². The van der Waals surface area contributed by atoms with Gasteiger partial charge in [-0.1, -0.05) is 48.9 Å². The first-order chi connectivity index (χ1) is 23.1. The van der Waals surface area contributed by atoms with Crippen LogP contribution in [0.15, 0.2) is 48.5 Å². The Balaban J connectivity index is 1.30. The number of likely N-dealkylation sites (tertiary alicyclic amines) is 1. The molecule has 11 heteroatoms.